The van der Waals surface area contributed by atoms with Gasteiger partial charge in [0.1, 0.15) is 0 Å². The molecule has 17 heavy (non-hydrogen) atoms. The Labute approximate surface area is 102 Å². The molecule has 5 heteroatoms. The minimum absolute atomic E-state index is 0.0282. The number of hydrogen-bond acceptors (Lipinski definition) is 3. The normalized spacial score (nSPS) is 20.2. The summed E-state index contributed by atoms with van der Waals surface area (Å²) in [6.07, 6.45) is 1.67. The number of nitrogens with one attached hydrogen (secondary N) is 1. The van der Waals surface area contributed by atoms with Crippen molar-refractivity contribution in [2.24, 2.45) is 5.92 Å². The lowest BCUT2D eigenvalue weighted by atomic mass is 9.97. The third-order valence-corrected chi connectivity index (χ3v) is 3.08. The lowest BCUT2D eigenvalue weighted by Gasteiger charge is -2.32. The summed E-state index contributed by atoms with van der Waals surface area (Å²) in [6, 6.07) is 0.131. The van der Waals surface area contributed by atoms with Crippen molar-refractivity contribution < 1.29 is 14.7 Å². The highest BCUT2D eigenvalue weighted by molar-refractivity contribution is 5.83. The van der Waals surface area contributed by atoms with Gasteiger partial charge in [-0.3, -0.25) is 9.59 Å². The van der Waals surface area contributed by atoms with Gasteiger partial charge in [-0.2, -0.15) is 0 Å². The van der Waals surface area contributed by atoms with Gasteiger partial charge in [0.15, 0.2) is 0 Å². The molecule has 0 aromatic carbocycles. The van der Waals surface area contributed by atoms with Gasteiger partial charge in [-0.05, 0) is 26.7 Å². The minimum Gasteiger partial charge on any atom is -0.396 e. The van der Waals surface area contributed by atoms with Crippen molar-refractivity contribution in [2.75, 3.05) is 19.7 Å². The zero-order valence-electron chi connectivity index (χ0n) is 10.6. The Kier molecular flexibility index (Phi) is 5.41. The van der Waals surface area contributed by atoms with E-state index >= 15 is 0 Å². The van der Waals surface area contributed by atoms with Crippen LogP contribution in [0.3, 0.4) is 0 Å². The van der Waals surface area contributed by atoms with Gasteiger partial charge in [0, 0.05) is 32.2 Å². The number of aliphatic hydroxyl groups is 1. The molecule has 1 rings (SSSR count). The zero-order chi connectivity index (χ0) is 12.8. The number of nitrogens with zero attached hydrogens (tertiary/aromatic N) is 1. The Morgan fingerprint density at radius 3 is 2.76 bits per heavy atom. The van der Waals surface area contributed by atoms with E-state index in [0.29, 0.717) is 32.4 Å². The molecular weight excluding hydrogens is 220 g/mol. The molecule has 0 aromatic rings. The molecule has 5 nitrogen and oxygen atoms in total. The van der Waals surface area contributed by atoms with Crippen LogP contribution in [0.5, 0.6) is 0 Å². The van der Waals surface area contributed by atoms with Crippen molar-refractivity contribution in [1.82, 2.24) is 10.2 Å². The van der Waals surface area contributed by atoms with E-state index in [9.17, 15) is 9.59 Å². The van der Waals surface area contributed by atoms with Crippen molar-refractivity contribution in [3.05, 3.63) is 0 Å². The molecular formula is C12H22N2O3. The first-order chi connectivity index (χ1) is 8.06. The molecule has 1 aliphatic rings. The van der Waals surface area contributed by atoms with Crippen molar-refractivity contribution in [3.8, 4) is 0 Å². The topological polar surface area (TPSA) is 69.6 Å². The fourth-order valence-electron chi connectivity index (χ4n) is 2.04. The van der Waals surface area contributed by atoms with Gasteiger partial charge in [0.05, 0.1) is 5.92 Å². The van der Waals surface area contributed by atoms with Crippen LogP contribution in [0.2, 0.25) is 0 Å². The van der Waals surface area contributed by atoms with E-state index in [1.807, 2.05) is 13.8 Å². The fraction of sp³-hybridized carbons (Fsp3) is 0.833. The number of aliphatic hydroxyl groups excluding tert-OH is 1. The molecule has 1 unspecified atom stereocenters. The van der Waals surface area contributed by atoms with E-state index in [-0.39, 0.29) is 30.4 Å². The third-order valence-electron chi connectivity index (χ3n) is 3.08. The molecule has 98 valence electrons. The molecule has 0 saturated carbocycles. The summed E-state index contributed by atoms with van der Waals surface area (Å²) in [5.74, 6) is 0.0164. The molecule has 2 N–H and O–H groups in total. The van der Waals surface area contributed by atoms with Crippen molar-refractivity contribution in [3.63, 3.8) is 0 Å². The summed E-state index contributed by atoms with van der Waals surface area (Å²) < 4.78 is 0. The Balaban J connectivity index is 2.54. The average Bonchev–Trinajstić information content (AvgIpc) is 2.29. The van der Waals surface area contributed by atoms with Gasteiger partial charge >= 0.3 is 0 Å². The molecule has 1 fully saturated rings. The van der Waals surface area contributed by atoms with Crippen LogP contribution in [-0.2, 0) is 9.59 Å². The van der Waals surface area contributed by atoms with E-state index in [1.54, 1.807) is 4.90 Å². The molecule has 1 aliphatic heterocycles. The highest BCUT2D eigenvalue weighted by Crippen LogP contribution is 2.16. The van der Waals surface area contributed by atoms with Crippen LogP contribution in [0.4, 0.5) is 0 Å². The first-order valence-corrected chi connectivity index (χ1v) is 6.24. The summed E-state index contributed by atoms with van der Waals surface area (Å²) in [5, 5.41) is 11.6. The number of carbonyl (C=O) groups excluding carboxylic acids is 2. The summed E-state index contributed by atoms with van der Waals surface area (Å²) in [4.78, 5) is 25.1. The van der Waals surface area contributed by atoms with Gasteiger partial charge in [-0.25, -0.2) is 0 Å². The van der Waals surface area contributed by atoms with Crippen LogP contribution in [0.15, 0.2) is 0 Å². The smallest absolute Gasteiger partial charge is 0.227 e. The lowest BCUT2D eigenvalue weighted by molar-refractivity contribution is -0.139. The van der Waals surface area contributed by atoms with E-state index in [4.69, 9.17) is 5.11 Å². The van der Waals surface area contributed by atoms with Gasteiger partial charge < -0.3 is 15.3 Å². The number of amides is 2. The maximum absolute atomic E-state index is 12.2. The van der Waals surface area contributed by atoms with Crippen LogP contribution in [-0.4, -0.2) is 47.6 Å². The number of hydrogen-bond donors (Lipinski definition) is 2. The molecule has 0 spiro atoms. The number of piperidine rings is 1. The first-order valence-electron chi connectivity index (χ1n) is 6.24. The summed E-state index contributed by atoms with van der Waals surface area (Å²) >= 11 is 0. The Morgan fingerprint density at radius 2 is 2.29 bits per heavy atom. The van der Waals surface area contributed by atoms with Crippen LogP contribution in [0, 0.1) is 5.92 Å². The van der Waals surface area contributed by atoms with Crippen molar-refractivity contribution in [2.45, 2.75) is 39.2 Å². The van der Waals surface area contributed by atoms with E-state index in [1.165, 1.54) is 0 Å². The van der Waals surface area contributed by atoms with E-state index < -0.39 is 0 Å². The quantitative estimate of drug-likeness (QED) is 0.720. The molecule has 2 amide bonds. The van der Waals surface area contributed by atoms with Gasteiger partial charge in [0.25, 0.3) is 0 Å². The van der Waals surface area contributed by atoms with Gasteiger partial charge in [-0.15, -0.1) is 0 Å². The van der Waals surface area contributed by atoms with Crippen LogP contribution in [0.1, 0.15) is 33.1 Å². The second kappa shape index (κ2) is 6.59. The highest BCUT2D eigenvalue weighted by atomic mass is 16.3. The molecule has 0 bridgehead atoms. The van der Waals surface area contributed by atoms with Crippen LogP contribution >= 0.6 is 0 Å². The summed E-state index contributed by atoms with van der Waals surface area (Å²) in [6.45, 7) is 5.06. The maximum atomic E-state index is 12.2. The monoisotopic (exact) mass is 242 g/mol. The molecule has 0 aliphatic carbocycles. The van der Waals surface area contributed by atoms with Crippen molar-refractivity contribution in [1.29, 1.82) is 0 Å². The predicted molar refractivity (Wildman–Crippen MR) is 64.3 cm³/mol. The molecule has 0 radical (unpaired) electrons. The minimum atomic E-state index is -0.103. The van der Waals surface area contributed by atoms with Gasteiger partial charge in [-0.1, -0.05) is 0 Å². The zero-order valence-corrected chi connectivity index (χ0v) is 10.6. The lowest BCUT2D eigenvalue weighted by Crippen LogP contribution is -2.47. The Hall–Kier alpha value is -1.10. The van der Waals surface area contributed by atoms with E-state index in [2.05, 4.69) is 5.32 Å². The van der Waals surface area contributed by atoms with Gasteiger partial charge in [0.2, 0.25) is 11.8 Å². The first kappa shape index (κ1) is 14.0. The molecule has 1 saturated heterocycles. The molecule has 0 aromatic heterocycles. The third kappa shape index (κ3) is 4.00. The second-order valence-corrected chi connectivity index (χ2v) is 4.74. The Bertz CT molecular complexity index is 269. The largest absolute Gasteiger partial charge is 0.396 e. The fourth-order valence-corrected chi connectivity index (χ4v) is 2.04. The standard InChI is InChI=1S/C12H22N2O3/c1-9(2)14(6-3-7-15)12(17)10-4-5-11(16)13-8-10/h9-10,15H,3-8H2,1-2H3,(H,13,16). The molecule has 1 heterocycles. The maximum Gasteiger partial charge on any atom is 0.227 e. The predicted octanol–water partition coefficient (Wildman–Crippen LogP) is 0.132. The number of carbonyl (C=O) groups is 2. The van der Waals surface area contributed by atoms with Crippen LogP contribution in [0.25, 0.3) is 0 Å². The van der Waals surface area contributed by atoms with E-state index in [0.717, 1.165) is 0 Å². The van der Waals surface area contributed by atoms with Crippen LogP contribution < -0.4 is 5.32 Å². The second-order valence-electron chi connectivity index (χ2n) is 4.74. The SMILES string of the molecule is CC(C)N(CCCO)C(=O)C1CCC(=O)NC1. The summed E-state index contributed by atoms with van der Waals surface area (Å²) in [5.41, 5.74) is 0. The highest BCUT2D eigenvalue weighted by Gasteiger charge is 2.29. The Morgan fingerprint density at radius 1 is 1.59 bits per heavy atom. The number of rotatable bonds is 5. The molecule has 1 atom stereocenters. The van der Waals surface area contributed by atoms with Crippen molar-refractivity contribution >= 4 is 11.8 Å². The summed E-state index contributed by atoms with van der Waals surface area (Å²) in [7, 11) is 0. The average molecular weight is 242 g/mol.